The van der Waals surface area contributed by atoms with Gasteiger partial charge >= 0.3 is 0 Å². The minimum absolute atomic E-state index is 0.764. The van der Waals surface area contributed by atoms with Crippen molar-refractivity contribution in [2.24, 2.45) is 0 Å². The van der Waals surface area contributed by atoms with E-state index in [1.54, 1.807) is 6.08 Å². The van der Waals surface area contributed by atoms with Crippen molar-refractivity contribution in [3.63, 3.8) is 0 Å². The van der Waals surface area contributed by atoms with Gasteiger partial charge in [0, 0.05) is 44.6 Å². The molecule has 0 aliphatic heterocycles. The topological polar surface area (TPSA) is 21.3 Å². The second-order valence-corrected chi connectivity index (χ2v) is 16.0. The van der Waals surface area contributed by atoms with Crippen LogP contribution in [0.25, 0.3) is 98.8 Å². The Morgan fingerprint density at radius 1 is 0.516 bits per heavy atom. The maximum absolute atomic E-state index is 6.93. The molecule has 3 nitrogen and oxygen atoms in total. The molecule has 2 aromatic heterocycles. The van der Waals surface area contributed by atoms with Crippen molar-refractivity contribution in [3.8, 4) is 29.2 Å². The summed E-state index contributed by atoms with van der Waals surface area (Å²) in [7, 11) is 0. The molecule has 0 atom stereocenters. The number of benzene rings is 10. The van der Waals surface area contributed by atoms with Crippen LogP contribution < -0.4 is 4.90 Å². The fourth-order valence-electron chi connectivity index (χ4n) is 9.85. The number of hydrogen-bond acceptors (Lipinski definition) is 2. The van der Waals surface area contributed by atoms with Gasteiger partial charge in [0.2, 0.25) is 0 Å². The van der Waals surface area contributed by atoms with Crippen molar-refractivity contribution >= 4 is 99.0 Å². The average Bonchev–Trinajstić information content (AvgIpc) is 3.86. The van der Waals surface area contributed by atoms with Gasteiger partial charge in [0.05, 0.1) is 16.4 Å². The Hall–Kier alpha value is -8.32. The summed E-state index contributed by atoms with van der Waals surface area (Å²) in [6.45, 7) is 2.14. The van der Waals surface area contributed by atoms with Crippen molar-refractivity contribution in [3.05, 3.63) is 212 Å². The normalized spacial score (nSPS) is 11.9. The fraction of sp³-hybridized carbons (Fsp3) is 0.0169. The Morgan fingerprint density at radius 2 is 1.08 bits per heavy atom. The lowest BCUT2D eigenvalue weighted by Gasteiger charge is -2.25. The van der Waals surface area contributed by atoms with E-state index in [0.29, 0.717) is 0 Å². The number of aromatic nitrogens is 1. The minimum atomic E-state index is 0.764. The number of nitrogens with zero attached hydrogens (tertiary/aromatic N) is 2. The van der Waals surface area contributed by atoms with E-state index < -0.39 is 0 Å². The van der Waals surface area contributed by atoms with Gasteiger partial charge in [0.25, 0.3) is 0 Å². The second kappa shape index (κ2) is 14.2. The molecule has 12 rings (SSSR count). The first-order valence-corrected chi connectivity index (χ1v) is 21.1. The van der Waals surface area contributed by atoms with E-state index in [4.69, 9.17) is 10.8 Å². The Bertz CT molecular complexity index is 3730. The molecule has 0 saturated carbocycles. The van der Waals surface area contributed by atoms with Crippen LogP contribution in [0.15, 0.2) is 205 Å². The lowest BCUT2D eigenvalue weighted by atomic mass is 9.91. The van der Waals surface area contributed by atoms with E-state index in [2.05, 4.69) is 216 Å². The molecular weight excluding hydrogens is 753 g/mol. The molecule has 62 heavy (non-hydrogen) atoms. The van der Waals surface area contributed by atoms with E-state index in [-0.39, 0.29) is 0 Å². The summed E-state index contributed by atoms with van der Waals surface area (Å²) in [5, 5.41) is 13.1. The summed E-state index contributed by atoms with van der Waals surface area (Å²) in [5.41, 5.74) is 10.7. The number of terminal acetylenes is 1. The van der Waals surface area contributed by atoms with Gasteiger partial charge in [-0.2, -0.15) is 0 Å². The second-order valence-electron chi connectivity index (χ2n) is 16.0. The predicted molar refractivity (Wildman–Crippen MR) is 263 cm³/mol. The van der Waals surface area contributed by atoms with Gasteiger partial charge in [-0.05, 0) is 134 Å². The van der Waals surface area contributed by atoms with E-state index in [0.717, 1.165) is 78.0 Å². The van der Waals surface area contributed by atoms with E-state index in [9.17, 15) is 0 Å². The van der Waals surface area contributed by atoms with E-state index in [1.807, 2.05) is 6.08 Å². The van der Waals surface area contributed by atoms with Gasteiger partial charge in [0.15, 0.2) is 0 Å². The highest BCUT2D eigenvalue weighted by Gasteiger charge is 2.25. The first kappa shape index (κ1) is 35.6. The standard InChI is InChI=1S/C59H38N2O/c1-3-4-27-55-38(2)51-37-52(40-28-34-50-48-25-14-13-23-46(48)47-24-15-16-26-49(47)53(50)36-40)58-57(59(51)62-55)56-45-22-12-11-17-39(45)29-35-54(56)61(58)44-32-30-43(31-33-44)60(41-18-7-5-8-19-41)42-20-9-6-10-21-42/h1,4-37H,2H3/b27-4-. The number of furan rings is 1. The Balaban J connectivity index is 1.20. The summed E-state index contributed by atoms with van der Waals surface area (Å²) in [6.07, 6.45) is 9.38. The largest absolute Gasteiger partial charge is 0.456 e. The molecule has 10 aromatic carbocycles. The Morgan fingerprint density at radius 3 is 1.73 bits per heavy atom. The molecule has 0 amide bonds. The lowest BCUT2D eigenvalue weighted by molar-refractivity contribution is 0.604. The molecule has 0 spiro atoms. The minimum Gasteiger partial charge on any atom is -0.456 e. The first-order valence-electron chi connectivity index (χ1n) is 21.1. The monoisotopic (exact) mass is 790 g/mol. The summed E-state index contributed by atoms with van der Waals surface area (Å²) < 4.78 is 9.38. The third kappa shape index (κ3) is 5.41. The molecular formula is C59H38N2O. The van der Waals surface area contributed by atoms with E-state index in [1.165, 1.54) is 43.1 Å². The van der Waals surface area contributed by atoms with Crippen molar-refractivity contribution < 1.29 is 4.42 Å². The SMILES string of the molecule is C#C/C=C\c1oc2c(cc(-c3ccc4c5ccccc5c5ccccc5c4c3)c3c2c2c4ccccc4ccc2n3-c2ccc(N(c3ccccc3)c3ccccc3)cc2)c1C. The highest BCUT2D eigenvalue weighted by Crippen LogP contribution is 2.48. The van der Waals surface area contributed by atoms with Crippen molar-refractivity contribution in [2.45, 2.75) is 6.92 Å². The molecule has 3 heteroatoms. The van der Waals surface area contributed by atoms with E-state index >= 15 is 0 Å². The molecule has 0 unspecified atom stereocenters. The van der Waals surface area contributed by atoms with Crippen molar-refractivity contribution in [1.29, 1.82) is 0 Å². The van der Waals surface area contributed by atoms with Crippen LogP contribution in [0.5, 0.6) is 0 Å². The van der Waals surface area contributed by atoms with Crippen LogP contribution in [0, 0.1) is 19.3 Å². The summed E-state index contributed by atoms with van der Waals surface area (Å²) in [4.78, 5) is 2.30. The third-order valence-corrected chi connectivity index (χ3v) is 12.6. The molecule has 0 bridgehead atoms. The zero-order chi connectivity index (χ0) is 41.3. The molecule has 0 radical (unpaired) electrons. The number of fused-ring (bicyclic) bond motifs is 13. The quantitative estimate of drug-likeness (QED) is 0.124. The molecule has 12 aromatic rings. The van der Waals surface area contributed by atoms with Crippen LogP contribution in [-0.4, -0.2) is 4.57 Å². The van der Waals surface area contributed by atoms with Crippen LogP contribution in [0.2, 0.25) is 0 Å². The van der Waals surface area contributed by atoms with Crippen LogP contribution in [0.4, 0.5) is 17.1 Å². The molecule has 2 heterocycles. The van der Waals surface area contributed by atoms with Gasteiger partial charge < -0.3 is 13.9 Å². The molecule has 0 fully saturated rings. The number of anilines is 3. The average molecular weight is 791 g/mol. The fourth-order valence-corrected chi connectivity index (χ4v) is 9.85. The smallest absolute Gasteiger partial charge is 0.145 e. The molecule has 290 valence electrons. The summed E-state index contributed by atoms with van der Waals surface area (Å²) in [5.74, 6) is 3.43. The first-order chi connectivity index (χ1) is 30.7. The molecule has 0 saturated heterocycles. The maximum atomic E-state index is 6.93. The number of aryl methyl sites for hydroxylation is 1. The van der Waals surface area contributed by atoms with Gasteiger partial charge in [-0.25, -0.2) is 0 Å². The molecule has 0 N–H and O–H groups in total. The van der Waals surface area contributed by atoms with Crippen molar-refractivity contribution in [1.82, 2.24) is 4.57 Å². The summed E-state index contributed by atoms with van der Waals surface area (Å²) in [6, 6.07) is 70.2. The van der Waals surface area contributed by atoms with Gasteiger partial charge in [-0.3, -0.25) is 0 Å². The Kier molecular flexibility index (Phi) is 8.13. The van der Waals surface area contributed by atoms with Crippen LogP contribution >= 0.6 is 0 Å². The van der Waals surface area contributed by atoms with Gasteiger partial charge in [-0.1, -0.05) is 133 Å². The third-order valence-electron chi connectivity index (χ3n) is 12.6. The Labute approximate surface area is 359 Å². The van der Waals surface area contributed by atoms with Crippen LogP contribution in [0.1, 0.15) is 11.3 Å². The number of rotatable bonds is 6. The van der Waals surface area contributed by atoms with Gasteiger partial charge in [-0.15, -0.1) is 6.42 Å². The zero-order valence-corrected chi connectivity index (χ0v) is 34.0. The lowest BCUT2D eigenvalue weighted by Crippen LogP contribution is -2.09. The molecule has 0 aliphatic carbocycles. The highest BCUT2D eigenvalue weighted by atomic mass is 16.3. The number of allylic oxidation sites excluding steroid dienone is 1. The van der Waals surface area contributed by atoms with Crippen LogP contribution in [-0.2, 0) is 0 Å². The predicted octanol–water partition coefficient (Wildman–Crippen LogP) is 16.2. The maximum Gasteiger partial charge on any atom is 0.145 e. The van der Waals surface area contributed by atoms with Gasteiger partial charge in [0.1, 0.15) is 11.3 Å². The van der Waals surface area contributed by atoms with Crippen molar-refractivity contribution in [2.75, 3.05) is 4.90 Å². The summed E-state index contributed by atoms with van der Waals surface area (Å²) >= 11 is 0. The zero-order valence-electron chi connectivity index (χ0n) is 34.0. The molecule has 0 aliphatic rings. The highest BCUT2D eigenvalue weighted by molar-refractivity contribution is 6.31. The van der Waals surface area contributed by atoms with Crippen LogP contribution in [0.3, 0.4) is 0 Å². The number of hydrogen-bond donors (Lipinski definition) is 0. The number of para-hydroxylation sites is 2.